The third-order valence-electron chi connectivity index (χ3n) is 3.84. The second-order valence-electron chi connectivity index (χ2n) is 5.38. The highest BCUT2D eigenvalue weighted by Gasteiger charge is 2.16. The van der Waals surface area contributed by atoms with Crippen molar-refractivity contribution in [3.8, 4) is 34.2 Å². The molecule has 0 saturated heterocycles. The van der Waals surface area contributed by atoms with E-state index in [4.69, 9.17) is 0 Å². The number of nitrogens with zero attached hydrogens (tertiary/aromatic N) is 3. The first-order valence-corrected chi connectivity index (χ1v) is 7.67. The molecular weight excluding hydrogens is 298 g/mol. The summed E-state index contributed by atoms with van der Waals surface area (Å²) in [4.78, 5) is 0. The quantitative estimate of drug-likeness (QED) is 0.580. The Morgan fingerprint density at radius 2 is 1.21 bits per heavy atom. The van der Waals surface area contributed by atoms with Crippen molar-refractivity contribution in [1.82, 2.24) is 14.8 Å². The van der Waals surface area contributed by atoms with E-state index < -0.39 is 0 Å². The first-order valence-electron chi connectivity index (χ1n) is 7.67. The van der Waals surface area contributed by atoms with E-state index in [0.717, 1.165) is 11.3 Å². The van der Waals surface area contributed by atoms with E-state index in [-0.39, 0.29) is 5.75 Å². The van der Waals surface area contributed by atoms with Crippen LogP contribution in [0.25, 0.3) is 28.5 Å². The van der Waals surface area contributed by atoms with Crippen LogP contribution in [0.1, 0.15) is 0 Å². The molecular formula is C20H14N3O-. The number of aromatic nitrogens is 3. The first-order chi connectivity index (χ1) is 11.8. The maximum atomic E-state index is 12.3. The Morgan fingerprint density at radius 3 is 1.92 bits per heavy atom. The van der Waals surface area contributed by atoms with Gasteiger partial charge in [-0.15, -0.1) is 10.2 Å². The van der Waals surface area contributed by atoms with Gasteiger partial charge in [-0.1, -0.05) is 78.5 Å². The highest BCUT2D eigenvalue weighted by Crippen LogP contribution is 2.31. The smallest absolute Gasteiger partial charge is 0.168 e. The lowest BCUT2D eigenvalue weighted by molar-refractivity contribution is -0.267. The van der Waals surface area contributed by atoms with Crippen LogP contribution < -0.4 is 5.11 Å². The summed E-state index contributed by atoms with van der Waals surface area (Å²) in [5.74, 6) is 1.19. The van der Waals surface area contributed by atoms with Gasteiger partial charge in [0.1, 0.15) is 0 Å². The molecule has 1 heterocycles. The Labute approximate surface area is 139 Å². The lowest BCUT2D eigenvalue weighted by atomic mass is 10.1. The number of rotatable bonds is 3. The Hall–Kier alpha value is -3.40. The summed E-state index contributed by atoms with van der Waals surface area (Å²) in [6.45, 7) is 0. The fraction of sp³-hybridized carbons (Fsp3) is 0. The topological polar surface area (TPSA) is 53.8 Å². The molecule has 4 aromatic rings. The highest BCUT2D eigenvalue weighted by atomic mass is 16.3. The largest absolute Gasteiger partial charge is 0.872 e. The second-order valence-corrected chi connectivity index (χ2v) is 5.38. The van der Waals surface area contributed by atoms with Crippen LogP contribution in [0.3, 0.4) is 0 Å². The molecule has 0 radical (unpaired) electrons. The summed E-state index contributed by atoms with van der Waals surface area (Å²) in [6.07, 6.45) is 0. The lowest BCUT2D eigenvalue weighted by Crippen LogP contribution is -2.02. The fourth-order valence-corrected chi connectivity index (χ4v) is 2.71. The van der Waals surface area contributed by atoms with Crippen LogP contribution in [-0.2, 0) is 0 Å². The van der Waals surface area contributed by atoms with Crippen molar-refractivity contribution in [3.63, 3.8) is 0 Å². The van der Waals surface area contributed by atoms with Gasteiger partial charge in [0.15, 0.2) is 11.6 Å². The molecule has 0 fully saturated rings. The van der Waals surface area contributed by atoms with E-state index in [9.17, 15) is 5.11 Å². The summed E-state index contributed by atoms with van der Waals surface area (Å²) >= 11 is 0. The number of hydrogen-bond acceptors (Lipinski definition) is 3. The molecule has 0 amide bonds. The molecule has 0 aliphatic rings. The van der Waals surface area contributed by atoms with Crippen molar-refractivity contribution in [2.45, 2.75) is 0 Å². The van der Waals surface area contributed by atoms with Crippen LogP contribution in [-0.4, -0.2) is 14.8 Å². The summed E-state index contributed by atoms with van der Waals surface area (Å²) in [7, 11) is 0. The lowest BCUT2D eigenvalue weighted by Gasteiger charge is -2.15. The molecule has 4 heteroatoms. The summed E-state index contributed by atoms with van der Waals surface area (Å²) in [6, 6.07) is 26.6. The van der Waals surface area contributed by atoms with Crippen LogP contribution >= 0.6 is 0 Å². The first kappa shape index (κ1) is 14.2. The molecule has 4 nitrogen and oxygen atoms in total. The Morgan fingerprint density at radius 1 is 0.625 bits per heavy atom. The monoisotopic (exact) mass is 312 g/mol. The van der Waals surface area contributed by atoms with E-state index >= 15 is 0 Å². The van der Waals surface area contributed by atoms with Crippen LogP contribution in [0, 0.1) is 0 Å². The Kier molecular flexibility index (Phi) is 3.56. The SMILES string of the molecule is [O-]c1ccccc1-c1nnc(-c2ccccc2)n1-c1ccccc1. The second kappa shape index (κ2) is 6.01. The number of hydrogen-bond donors (Lipinski definition) is 0. The molecule has 3 aromatic carbocycles. The minimum Gasteiger partial charge on any atom is -0.872 e. The van der Waals surface area contributed by atoms with Crippen molar-refractivity contribution in [2.75, 3.05) is 0 Å². The predicted molar refractivity (Wildman–Crippen MR) is 91.7 cm³/mol. The standard InChI is InChI=1S/C20H15N3O/c24-18-14-8-7-13-17(18)20-22-21-19(15-9-3-1-4-10-15)23(20)16-11-5-2-6-12-16/h1-14,24H/p-1. The Bertz CT molecular complexity index is 963. The zero-order valence-corrected chi connectivity index (χ0v) is 12.8. The fourth-order valence-electron chi connectivity index (χ4n) is 2.71. The van der Waals surface area contributed by atoms with Gasteiger partial charge >= 0.3 is 0 Å². The molecule has 4 rings (SSSR count). The van der Waals surface area contributed by atoms with Crippen molar-refractivity contribution in [2.24, 2.45) is 0 Å². The van der Waals surface area contributed by atoms with Crippen molar-refractivity contribution >= 4 is 0 Å². The number of para-hydroxylation sites is 2. The van der Waals surface area contributed by atoms with Gasteiger partial charge in [-0.25, -0.2) is 0 Å². The van der Waals surface area contributed by atoms with Gasteiger partial charge in [0.05, 0.1) is 0 Å². The minimum atomic E-state index is -0.0679. The molecule has 0 N–H and O–H groups in total. The van der Waals surface area contributed by atoms with Crippen molar-refractivity contribution < 1.29 is 5.11 Å². The van der Waals surface area contributed by atoms with E-state index in [1.807, 2.05) is 71.3 Å². The molecule has 1 aromatic heterocycles. The molecule has 0 aliphatic heterocycles. The molecule has 0 aliphatic carbocycles. The van der Waals surface area contributed by atoms with Gasteiger partial charge in [0, 0.05) is 16.8 Å². The molecule has 0 unspecified atom stereocenters. The van der Waals surface area contributed by atoms with Gasteiger partial charge in [-0.2, -0.15) is 0 Å². The van der Waals surface area contributed by atoms with E-state index in [1.165, 1.54) is 0 Å². The maximum Gasteiger partial charge on any atom is 0.168 e. The van der Waals surface area contributed by atoms with Crippen LogP contribution in [0.2, 0.25) is 0 Å². The minimum absolute atomic E-state index is 0.0679. The maximum absolute atomic E-state index is 12.3. The average molecular weight is 312 g/mol. The molecule has 0 spiro atoms. The van der Waals surface area contributed by atoms with E-state index in [0.29, 0.717) is 17.2 Å². The molecule has 0 saturated carbocycles. The zero-order valence-electron chi connectivity index (χ0n) is 12.8. The zero-order chi connectivity index (χ0) is 16.4. The molecule has 116 valence electrons. The Balaban J connectivity index is 2.00. The van der Waals surface area contributed by atoms with E-state index in [1.54, 1.807) is 18.2 Å². The average Bonchev–Trinajstić information content (AvgIpc) is 3.08. The third-order valence-corrected chi connectivity index (χ3v) is 3.84. The van der Waals surface area contributed by atoms with Crippen molar-refractivity contribution in [1.29, 1.82) is 0 Å². The predicted octanol–water partition coefficient (Wildman–Crippen LogP) is 3.67. The molecule has 24 heavy (non-hydrogen) atoms. The van der Waals surface area contributed by atoms with Gasteiger partial charge in [-0.05, 0) is 12.1 Å². The molecule has 0 atom stereocenters. The van der Waals surface area contributed by atoms with Gasteiger partial charge in [0.2, 0.25) is 0 Å². The van der Waals surface area contributed by atoms with Gasteiger partial charge in [0.25, 0.3) is 0 Å². The van der Waals surface area contributed by atoms with E-state index in [2.05, 4.69) is 10.2 Å². The number of benzene rings is 3. The summed E-state index contributed by atoms with van der Waals surface area (Å²) in [5, 5.41) is 20.9. The van der Waals surface area contributed by atoms with Crippen molar-refractivity contribution in [3.05, 3.63) is 84.9 Å². The normalized spacial score (nSPS) is 10.7. The molecule has 0 bridgehead atoms. The van der Waals surface area contributed by atoms with Crippen LogP contribution in [0.15, 0.2) is 84.9 Å². The third kappa shape index (κ3) is 2.44. The van der Waals surface area contributed by atoms with Gasteiger partial charge < -0.3 is 5.11 Å². The summed E-state index contributed by atoms with van der Waals surface area (Å²) < 4.78 is 1.92. The highest BCUT2D eigenvalue weighted by molar-refractivity contribution is 5.70. The van der Waals surface area contributed by atoms with Gasteiger partial charge in [-0.3, -0.25) is 4.57 Å². The summed E-state index contributed by atoms with van der Waals surface area (Å²) in [5.41, 5.74) is 2.40. The van der Waals surface area contributed by atoms with Crippen LogP contribution in [0.5, 0.6) is 5.75 Å². The van der Waals surface area contributed by atoms with Crippen LogP contribution in [0.4, 0.5) is 0 Å².